The molecule has 0 aliphatic heterocycles. The summed E-state index contributed by atoms with van der Waals surface area (Å²) in [4.78, 5) is 17.7. The van der Waals surface area contributed by atoms with Gasteiger partial charge in [-0.3, -0.25) is 4.79 Å². The minimum Gasteiger partial charge on any atom is -0.361 e. The third-order valence-corrected chi connectivity index (χ3v) is 4.93. The molecule has 6 nitrogen and oxygen atoms in total. The highest BCUT2D eigenvalue weighted by atomic mass is 16.2. The first-order valence-electron chi connectivity index (χ1n) is 9.26. The SMILES string of the molecule is CN(Cc1ccc(-n2cccn2)cc1)C(=O)[C@@H](N)Cc1c[nH]c2ccccc12. The number of nitrogens with one attached hydrogen (secondary N) is 1. The molecule has 142 valence electrons. The number of likely N-dealkylation sites (N-methyl/N-ethyl adjacent to an activating group) is 1. The maximum Gasteiger partial charge on any atom is 0.239 e. The van der Waals surface area contributed by atoms with Crippen LogP contribution in [0.3, 0.4) is 0 Å². The number of hydrogen-bond acceptors (Lipinski definition) is 3. The van der Waals surface area contributed by atoms with Crippen LogP contribution in [0, 0.1) is 0 Å². The molecule has 0 radical (unpaired) electrons. The summed E-state index contributed by atoms with van der Waals surface area (Å²) in [5, 5.41) is 5.33. The van der Waals surface area contributed by atoms with Crippen LogP contribution in [0.5, 0.6) is 0 Å². The monoisotopic (exact) mass is 373 g/mol. The Hall–Kier alpha value is -3.38. The summed E-state index contributed by atoms with van der Waals surface area (Å²) >= 11 is 0. The average Bonchev–Trinajstić information content (AvgIpc) is 3.39. The number of fused-ring (bicyclic) bond motifs is 1. The first-order valence-corrected chi connectivity index (χ1v) is 9.26. The van der Waals surface area contributed by atoms with E-state index in [1.165, 1.54) is 0 Å². The standard InChI is InChI=1S/C22H23N5O/c1-26(15-16-7-9-18(10-8-16)27-12-4-11-25-27)22(28)20(23)13-17-14-24-21-6-3-2-5-19(17)21/h2-12,14,20,24H,13,15,23H2,1H3/t20-/m0/s1. The van der Waals surface area contributed by atoms with Crippen LogP contribution in [-0.4, -0.2) is 38.7 Å². The third kappa shape index (κ3) is 3.68. The molecule has 4 aromatic rings. The highest BCUT2D eigenvalue weighted by Crippen LogP contribution is 2.19. The van der Waals surface area contributed by atoms with Crippen LogP contribution in [0.15, 0.2) is 73.2 Å². The third-order valence-electron chi connectivity index (χ3n) is 4.93. The number of carbonyl (C=O) groups excluding carboxylic acids is 1. The van der Waals surface area contributed by atoms with Gasteiger partial charge in [0.15, 0.2) is 0 Å². The second kappa shape index (κ2) is 7.70. The largest absolute Gasteiger partial charge is 0.361 e. The van der Waals surface area contributed by atoms with Crippen LogP contribution >= 0.6 is 0 Å². The molecule has 1 atom stereocenters. The molecule has 0 aliphatic carbocycles. The molecule has 0 saturated carbocycles. The van der Waals surface area contributed by atoms with Crippen molar-refractivity contribution in [3.8, 4) is 5.69 Å². The van der Waals surface area contributed by atoms with Crippen molar-refractivity contribution in [2.75, 3.05) is 7.05 Å². The molecule has 1 amide bonds. The Balaban J connectivity index is 1.40. The summed E-state index contributed by atoms with van der Waals surface area (Å²) in [6.45, 7) is 0.514. The van der Waals surface area contributed by atoms with Crippen molar-refractivity contribution in [2.24, 2.45) is 5.73 Å². The van der Waals surface area contributed by atoms with Crippen LogP contribution in [0.2, 0.25) is 0 Å². The molecule has 0 spiro atoms. The number of aromatic nitrogens is 3. The molecule has 0 fully saturated rings. The summed E-state index contributed by atoms with van der Waals surface area (Å²) in [5.74, 6) is -0.0681. The molecular weight excluding hydrogens is 350 g/mol. The minimum absolute atomic E-state index is 0.0681. The predicted octanol–water partition coefficient (Wildman–Crippen LogP) is 2.88. The Bertz CT molecular complexity index is 1070. The number of H-pyrrole nitrogens is 1. The van der Waals surface area contributed by atoms with Crippen LogP contribution in [-0.2, 0) is 17.8 Å². The lowest BCUT2D eigenvalue weighted by atomic mass is 10.0. The first kappa shape index (κ1) is 18.0. The zero-order chi connectivity index (χ0) is 19.5. The number of amides is 1. The fraction of sp³-hybridized carbons (Fsp3) is 0.182. The zero-order valence-electron chi connectivity index (χ0n) is 15.7. The zero-order valence-corrected chi connectivity index (χ0v) is 15.7. The van der Waals surface area contributed by atoms with E-state index in [0.717, 1.165) is 27.7 Å². The van der Waals surface area contributed by atoms with Crippen LogP contribution in [0.4, 0.5) is 0 Å². The lowest BCUT2D eigenvalue weighted by Gasteiger charge is -2.21. The molecule has 3 N–H and O–H groups in total. The number of aromatic amines is 1. The van der Waals surface area contributed by atoms with Gasteiger partial charge in [0.1, 0.15) is 0 Å². The van der Waals surface area contributed by atoms with E-state index in [0.29, 0.717) is 13.0 Å². The van der Waals surface area contributed by atoms with Crippen molar-refractivity contribution >= 4 is 16.8 Å². The lowest BCUT2D eigenvalue weighted by molar-refractivity contribution is -0.131. The van der Waals surface area contributed by atoms with Crippen molar-refractivity contribution in [1.82, 2.24) is 19.7 Å². The number of nitrogens with zero attached hydrogens (tertiary/aromatic N) is 3. The van der Waals surface area contributed by atoms with E-state index in [4.69, 9.17) is 5.73 Å². The van der Waals surface area contributed by atoms with Gasteiger partial charge >= 0.3 is 0 Å². The Morgan fingerprint density at radius 3 is 2.71 bits per heavy atom. The molecule has 2 aromatic carbocycles. The summed E-state index contributed by atoms with van der Waals surface area (Å²) in [6.07, 6.45) is 6.08. The van der Waals surface area contributed by atoms with Gasteiger partial charge in [0.05, 0.1) is 11.7 Å². The van der Waals surface area contributed by atoms with E-state index < -0.39 is 6.04 Å². The molecule has 2 heterocycles. The Kier molecular flexibility index (Phi) is 4.95. The van der Waals surface area contributed by atoms with Gasteiger partial charge in [-0.05, 0) is 41.8 Å². The van der Waals surface area contributed by atoms with Crippen LogP contribution in [0.25, 0.3) is 16.6 Å². The van der Waals surface area contributed by atoms with E-state index in [2.05, 4.69) is 10.1 Å². The summed E-state index contributed by atoms with van der Waals surface area (Å²) < 4.78 is 1.80. The number of carbonyl (C=O) groups is 1. The van der Waals surface area contributed by atoms with E-state index in [1.54, 1.807) is 22.8 Å². The molecule has 0 bridgehead atoms. The molecule has 0 aliphatic rings. The van der Waals surface area contributed by atoms with Gasteiger partial charge in [-0.1, -0.05) is 30.3 Å². The van der Waals surface area contributed by atoms with Gasteiger partial charge in [-0.2, -0.15) is 5.10 Å². The summed E-state index contributed by atoms with van der Waals surface area (Å²) in [7, 11) is 1.79. The number of benzene rings is 2. The predicted molar refractivity (Wildman–Crippen MR) is 110 cm³/mol. The second-order valence-corrected chi connectivity index (χ2v) is 6.98. The van der Waals surface area contributed by atoms with Gasteiger partial charge in [0.25, 0.3) is 0 Å². The van der Waals surface area contributed by atoms with Gasteiger partial charge in [0.2, 0.25) is 5.91 Å². The number of rotatable bonds is 6. The fourth-order valence-corrected chi connectivity index (χ4v) is 3.44. The molecule has 2 aromatic heterocycles. The van der Waals surface area contributed by atoms with Crippen molar-refractivity contribution in [1.29, 1.82) is 0 Å². The normalized spacial score (nSPS) is 12.2. The minimum atomic E-state index is -0.576. The van der Waals surface area contributed by atoms with E-state index >= 15 is 0 Å². The topological polar surface area (TPSA) is 79.9 Å². The Morgan fingerprint density at radius 2 is 1.96 bits per heavy atom. The molecule has 0 saturated heterocycles. The first-order chi connectivity index (χ1) is 13.6. The van der Waals surface area contributed by atoms with Gasteiger partial charge in [-0.15, -0.1) is 0 Å². The van der Waals surface area contributed by atoms with Gasteiger partial charge in [-0.25, -0.2) is 4.68 Å². The smallest absolute Gasteiger partial charge is 0.239 e. The lowest BCUT2D eigenvalue weighted by Crippen LogP contribution is -2.42. The maximum atomic E-state index is 12.7. The van der Waals surface area contributed by atoms with Crippen molar-refractivity contribution in [3.05, 3.63) is 84.3 Å². The van der Waals surface area contributed by atoms with Crippen LogP contribution < -0.4 is 5.73 Å². The highest BCUT2D eigenvalue weighted by Gasteiger charge is 2.20. The van der Waals surface area contributed by atoms with Crippen LogP contribution in [0.1, 0.15) is 11.1 Å². The van der Waals surface area contributed by atoms with E-state index in [-0.39, 0.29) is 5.91 Å². The average molecular weight is 373 g/mol. The summed E-state index contributed by atoms with van der Waals surface area (Å²) in [5.41, 5.74) is 10.4. The highest BCUT2D eigenvalue weighted by molar-refractivity contribution is 5.86. The van der Waals surface area contributed by atoms with Gasteiger partial charge in [0, 0.05) is 43.1 Å². The fourth-order valence-electron chi connectivity index (χ4n) is 3.44. The van der Waals surface area contributed by atoms with E-state index in [9.17, 15) is 4.79 Å². The number of nitrogens with two attached hydrogens (primary N) is 1. The van der Waals surface area contributed by atoms with Gasteiger partial charge < -0.3 is 15.6 Å². The van der Waals surface area contributed by atoms with Crippen molar-refractivity contribution in [3.63, 3.8) is 0 Å². The Labute approximate surface area is 163 Å². The molecular formula is C22H23N5O. The molecule has 4 rings (SSSR count). The second-order valence-electron chi connectivity index (χ2n) is 6.98. The van der Waals surface area contributed by atoms with E-state index in [1.807, 2.05) is 67.0 Å². The maximum absolute atomic E-state index is 12.7. The number of hydrogen-bond donors (Lipinski definition) is 2. The molecule has 28 heavy (non-hydrogen) atoms. The summed E-state index contributed by atoms with van der Waals surface area (Å²) in [6, 6.07) is 17.3. The van der Waals surface area contributed by atoms with Crippen molar-refractivity contribution < 1.29 is 4.79 Å². The quantitative estimate of drug-likeness (QED) is 0.545. The molecule has 0 unspecified atom stereocenters. The Morgan fingerprint density at radius 1 is 1.18 bits per heavy atom. The van der Waals surface area contributed by atoms with Crippen molar-refractivity contribution in [2.45, 2.75) is 19.0 Å². The molecule has 6 heteroatoms. The number of para-hydroxylation sites is 1.